The fourth-order valence-electron chi connectivity index (χ4n) is 5.06. The Bertz CT molecular complexity index is 1830. The molecule has 2 amide bonds. The number of hydrogen-bond donors (Lipinski definition) is 2. The van der Waals surface area contributed by atoms with Gasteiger partial charge in [0.2, 0.25) is 0 Å². The highest BCUT2D eigenvalue weighted by Gasteiger charge is 2.47. The minimum atomic E-state index is -0.660. The molecule has 1 saturated carbocycles. The number of aromatic nitrogens is 2. The number of hydrogen-bond acceptors (Lipinski definition) is 5. The largest absolute Gasteiger partial charge is 0.455 e. The second-order valence-corrected chi connectivity index (χ2v) is 10.3. The van der Waals surface area contributed by atoms with Crippen LogP contribution in [-0.2, 0) is 5.54 Å². The van der Waals surface area contributed by atoms with E-state index in [1.165, 1.54) is 31.3 Å². The number of carbonyl (C=O) groups excluding carboxylic acids is 2. The molecule has 7 nitrogen and oxygen atoms in total. The standard InChI is InChI=1S/C32H26F2N4O3/c1-17-4-5-20(30(39)38-32(12-13-32)25-16-36-18(2)15-37-25)14-23(17)22-10-11-24-26(28(22)34)27(31(40)35-3)29(41-24)19-6-8-21(33)9-7-19/h4-11,14-16H,12-13H2,1-3H3,(H,35,40)(H,38,39). The highest BCUT2D eigenvalue weighted by atomic mass is 19.1. The minimum Gasteiger partial charge on any atom is -0.455 e. The quantitative estimate of drug-likeness (QED) is 0.260. The Morgan fingerprint density at radius 1 is 0.902 bits per heavy atom. The van der Waals surface area contributed by atoms with Crippen LogP contribution in [0.25, 0.3) is 33.4 Å². The van der Waals surface area contributed by atoms with Gasteiger partial charge < -0.3 is 15.1 Å². The summed E-state index contributed by atoms with van der Waals surface area (Å²) < 4.78 is 35.8. The lowest BCUT2D eigenvalue weighted by Crippen LogP contribution is -2.35. The molecule has 1 aliphatic carbocycles. The van der Waals surface area contributed by atoms with Gasteiger partial charge in [0.1, 0.15) is 23.0 Å². The average Bonchev–Trinajstić information content (AvgIpc) is 3.64. The van der Waals surface area contributed by atoms with Crippen LogP contribution in [0.2, 0.25) is 0 Å². The third-order valence-electron chi connectivity index (χ3n) is 7.52. The van der Waals surface area contributed by atoms with Crippen molar-refractivity contribution in [2.24, 2.45) is 0 Å². The fraction of sp³-hybridized carbons (Fsp3) is 0.188. The Balaban J connectivity index is 1.41. The number of nitrogens with one attached hydrogen (secondary N) is 2. The molecule has 6 rings (SSSR count). The summed E-state index contributed by atoms with van der Waals surface area (Å²) in [6, 6.07) is 13.7. The van der Waals surface area contributed by atoms with Crippen molar-refractivity contribution in [1.29, 1.82) is 0 Å². The maximum absolute atomic E-state index is 16.3. The summed E-state index contributed by atoms with van der Waals surface area (Å²) in [4.78, 5) is 35.1. The lowest BCUT2D eigenvalue weighted by molar-refractivity contribution is 0.0928. The normalized spacial score (nSPS) is 13.7. The van der Waals surface area contributed by atoms with Crippen molar-refractivity contribution in [3.63, 3.8) is 0 Å². The van der Waals surface area contributed by atoms with Gasteiger partial charge >= 0.3 is 0 Å². The number of amides is 2. The van der Waals surface area contributed by atoms with Gasteiger partial charge in [0.25, 0.3) is 11.8 Å². The SMILES string of the molecule is CNC(=O)c1c(-c2ccc(F)cc2)oc2ccc(-c3cc(C(=O)NC4(c5cnc(C)cn5)CC4)ccc3C)c(F)c12. The van der Waals surface area contributed by atoms with E-state index in [9.17, 15) is 14.0 Å². The lowest BCUT2D eigenvalue weighted by Gasteiger charge is -2.17. The molecule has 41 heavy (non-hydrogen) atoms. The van der Waals surface area contributed by atoms with Crippen LogP contribution in [-0.4, -0.2) is 28.8 Å². The first-order chi connectivity index (χ1) is 19.7. The minimum absolute atomic E-state index is 0.00492. The fourth-order valence-corrected chi connectivity index (χ4v) is 5.06. The Morgan fingerprint density at radius 3 is 2.32 bits per heavy atom. The molecule has 3 aromatic carbocycles. The first kappa shape index (κ1) is 26.3. The van der Waals surface area contributed by atoms with E-state index in [0.29, 0.717) is 22.4 Å². The first-order valence-electron chi connectivity index (χ1n) is 13.2. The van der Waals surface area contributed by atoms with Crippen molar-refractivity contribution in [2.45, 2.75) is 32.2 Å². The van der Waals surface area contributed by atoms with Crippen molar-refractivity contribution in [2.75, 3.05) is 7.05 Å². The Labute approximate surface area is 234 Å². The van der Waals surface area contributed by atoms with Crippen LogP contribution in [0.3, 0.4) is 0 Å². The van der Waals surface area contributed by atoms with Gasteiger partial charge in [-0.3, -0.25) is 19.6 Å². The summed E-state index contributed by atoms with van der Waals surface area (Å²) in [7, 11) is 1.44. The first-order valence-corrected chi connectivity index (χ1v) is 13.2. The maximum Gasteiger partial charge on any atom is 0.255 e. The number of rotatable bonds is 6. The van der Waals surface area contributed by atoms with Gasteiger partial charge in [-0.2, -0.15) is 0 Å². The monoisotopic (exact) mass is 552 g/mol. The smallest absolute Gasteiger partial charge is 0.255 e. The maximum atomic E-state index is 16.3. The number of benzene rings is 3. The summed E-state index contributed by atoms with van der Waals surface area (Å²) in [5, 5.41) is 5.64. The van der Waals surface area contributed by atoms with Gasteiger partial charge in [-0.05, 0) is 86.3 Å². The van der Waals surface area contributed by atoms with Crippen molar-refractivity contribution < 1.29 is 22.8 Å². The van der Waals surface area contributed by atoms with Crippen LogP contribution >= 0.6 is 0 Å². The van der Waals surface area contributed by atoms with Crippen molar-refractivity contribution in [3.8, 4) is 22.5 Å². The molecule has 0 aliphatic heterocycles. The number of halogens is 2. The zero-order valence-corrected chi connectivity index (χ0v) is 22.6. The average molecular weight is 553 g/mol. The Kier molecular flexibility index (Phi) is 6.37. The zero-order valence-electron chi connectivity index (χ0n) is 22.6. The van der Waals surface area contributed by atoms with Crippen LogP contribution < -0.4 is 10.6 Å². The van der Waals surface area contributed by atoms with E-state index in [-0.39, 0.29) is 33.8 Å². The molecule has 9 heteroatoms. The highest BCUT2D eigenvalue weighted by molar-refractivity contribution is 6.12. The lowest BCUT2D eigenvalue weighted by atomic mass is 9.94. The molecule has 5 aromatic rings. The third kappa shape index (κ3) is 4.63. The van der Waals surface area contributed by atoms with Crippen molar-refractivity contribution in [1.82, 2.24) is 20.6 Å². The van der Waals surface area contributed by atoms with Crippen molar-refractivity contribution in [3.05, 3.63) is 107 Å². The molecule has 0 saturated heterocycles. The van der Waals surface area contributed by atoms with Gasteiger partial charge in [-0.15, -0.1) is 0 Å². The van der Waals surface area contributed by atoms with E-state index in [2.05, 4.69) is 20.6 Å². The van der Waals surface area contributed by atoms with E-state index in [1.807, 2.05) is 13.8 Å². The Morgan fingerprint density at radius 2 is 1.66 bits per heavy atom. The third-order valence-corrected chi connectivity index (χ3v) is 7.52. The molecule has 0 unspecified atom stereocenters. The summed E-state index contributed by atoms with van der Waals surface area (Å²) >= 11 is 0. The van der Waals surface area contributed by atoms with Gasteiger partial charge in [-0.1, -0.05) is 6.07 Å². The molecule has 206 valence electrons. The van der Waals surface area contributed by atoms with Crippen LogP contribution in [0.5, 0.6) is 0 Å². The van der Waals surface area contributed by atoms with E-state index in [0.717, 1.165) is 24.1 Å². The number of nitrogens with zero attached hydrogens (tertiary/aromatic N) is 2. The molecular formula is C32H26F2N4O3. The second-order valence-electron chi connectivity index (χ2n) is 10.3. The molecule has 2 aromatic heterocycles. The van der Waals surface area contributed by atoms with Gasteiger partial charge in [0.15, 0.2) is 0 Å². The number of furan rings is 1. The number of carbonyl (C=O) groups is 2. The molecule has 0 spiro atoms. The summed E-state index contributed by atoms with van der Waals surface area (Å²) in [5.41, 5.74) is 3.37. The summed E-state index contributed by atoms with van der Waals surface area (Å²) in [5.74, 6) is -1.82. The van der Waals surface area contributed by atoms with Crippen LogP contribution in [0.1, 0.15) is 50.5 Å². The molecule has 1 fully saturated rings. The van der Waals surface area contributed by atoms with Gasteiger partial charge in [-0.25, -0.2) is 8.78 Å². The summed E-state index contributed by atoms with van der Waals surface area (Å²) in [6.07, 6.45) is 4.86. The van der Waals surface area contributed by atoms with Crippen molar-refractivity contribution >= 4 is 22.8 Å². The molecule has 0 atom stereocenters. The molecule has 2 heterocycles. The highest BCUT2D eigenvalue weighted by Crippen LogP contribution is 2.45. The van der Waals surface area contributed by atoms with Crippen LogP contribution in [0.4, 0.5) is 8.78 Å². The van der Waals surface area contributed by atoms with E-state index in [1.54, 1.807) is 42.7 Å². The predicted molar refractivity (Wildman–Crippen MR) is 150 cm³/mol. The molecule has 2 N–H and O–H groups in total. The molecular weight excluding hydrogens is 526 g/mol. The number of fused-ring (bicyclic) bond motifs is 1. The molecule has 1 aliphatic rings. The van der Waals surface area contributed by atoms with Crippen LogP contribution in [0, 0.1) is 25.5 Å². The zero-order chi connectivity index (χ0) is 28.9. The number of aryl methyl sites for hydroxylation is 2. The predicted octanol–water partition coefficient (Wildman–Crippen LogP) is 6.23. The van der Waals surface area contributed by atoms with E-state index in [4.69, 9.17) is 4.42 Å². The second kappa shape index (κ2) is 9.92. The van der Waals surface area contributed by atoms with Gasteiger partial charge in [0.05, 0.1) is 34.1 Å². The van der Waals surface area contributed by atoms with Crippen LogP contribution in [0.15, 0.2) is 71.4 Å². The van der Waals surface area contributed by atoms with E-state index >= 15 is 4.39 Å². The molecule has 0 radical (unpaired) electrons. The summed E-state index contributed by atoms with van der Waals surface area (Å²) in [6.45, 7) is 3.67. The van der Waals surface area contributed by atoms with Gasteiger partial charge in [0, 0.05) is 29.9 Å². The molecule has 0 bridgehead atoms. The van der Waals surface area contributed by atoms with E-state index < -0.39 is 23.1 Å². The topological polar surface area (TPSA) is 97.1 Å². The Hall–Kier alpha value is -4.92.